The Morgan fingerprint density at radius 3 is 2.49 bits per heavy atom. The Morgan fingerprint density at radius 1 is 1.05 bits per heavy atom. The molecule has 3 aromatic carbocycles. The van der Waals surface area contributed by atoms with Crippen molar-refractivity contribution in [1.29, 1.82) is 0 Å². The van der Waals surface area contributed by atoms with Crippen LogP contribution in [0, 0.1) is 5.82 Å². The van der Waals surface area contributed by atoms with Crippen LogP contribution in [0.15, 0.2) is 72.8 Å². The lowest BCUT2D eigenvalue weighted by atomic mass is 10.0. The van der Waals surface area contributed by atoms with E-state index in [0.29, 0.717) is 22.8 Å². The predicted molar refractivity (Wildman–Crippen MR) is 155 cm³/mol. The second-order valence-corrected chi connectivity index (χ2v) is 11.2. The number of carbonyl (C=O) groups excluding carboxylic acids is 2. The van der Waals surface area contributed by atoms with Crippen LogP contribution in [-0.4, -0.2) is 41.7 Å². The highest BCUT2D eigenvalue weighted by Gasteiger charge is 2.32. The number of nitrogens with zero attached hydrogens (tertiary/aromatic N) is 1. The summed E-state index contributed by atoms with van der Waals surface area (Å²) >= 11 is 7.48. The van der Waals surface area contributed by atoms with Gasteiger partial charge in [-0.05, 0) is 48.2 Å². The van der Waals surface area contributed by atoms with Gasteiger partial charge in [0.2, 0.25) is 11.8 Å². The zero-order chi connectivity index (χ0) is 27.6. The van der Waals surface area contributed by atoms with Gasteiger partial charge in [0.1, 0.15) is 17.6 Å². The first-order chi connectivity index (χ1) is 18.9. The number of thioether (sulfide) groups is 1. The lowest BCUT2D eigenvalue weighted by Gasteiger charge is -2.32. The van der Waals surface area contributed by atoms with Crippen LogP contribution in [0.5, 0.6) is 5.75 Å². The lowest BCUT2D eigenvalue weighted by molar-refractivity contribution is -0.139. The van der Waals surface area contributed by atoms with Gasteiger partial charge in [0, 0.05) is 35.3 Å². The third kappa shape index (κ3) is 8.23. The van der Waals surface area contributed by atoms with E-state index in [0.717, 1.165) is 36.8 Å². The van der Waals surface area contributed by atoms with E-state index in [9.17, 15) is 14.0 Å². The molecule has 0 radical (unpaired) electrons. The summed E-state index contributed by atoms with van der Waals surface area (Å²) in [7, 11) is 1.60. The van der Waals surface area contributed by atoms with E-state index >= 15 is 0 Å². The lowest BCUT2D eigenvalue weighted by Crippen LogP contribution is -2.52. The zero-order valence-electron chi connectivity index (χ0n) is 22.1. The molecule has 0 saturated heterocycles. The fourth-order valence-electron chi connectivity index (χ4n) is 4.88. The summed E-state index contributed by atoms with van der Waals surface area (Å²) in [6.45, 7) is 0.243. The van der Waals surface area contributed by atoms with Crippen LogP contribution in [0.3, 0.4) is 0 Å². The molecule has 0 spiro atoms. The Labute approximate surface area is 239 Å². The van der Waals surface area contributed by atoms with Gasteiger partial charge >= 0.3 is 0 Å². The molecule has 0 unspecified atom stereocenters. The van der Waals surface area contributed by atoms with E-state index in [4.69, 9.17) is 16.3 Å². The van der Waals surface area contributed by atoms with E-state index in [2.05, 4.69) is 5.32 Å². The molecule has 1 fully saturated rings. The molecule has 39 heavy (non-hydrogen) atoms. The smallest absolute Gasteiger partial charge is 0.243 e. The second kappa shape index (κ2) is 14.4. The predicted octanol–water partition coefficient (Wildman–Crippen LogP) is 6.42. The van der Waals surface area contributed by atoms with Crippen molar-refractivity contribution < 1.29 is 18.7 Å². The molecule has 1 saturated carbocycles. The van der Waals surface area contributed by atoms with E-state index < -0.39 is 11.9 Å². The van der Waals surface area contributed by atoms with E-state index in [1.807, 2.05) is 54.6 Å². The van der Waals surface area contributed by atoms with Crippen molar-refractivity contribution in [2.75, 3.05) is 12.9 Å². The third-order valence-corrected chi connectivity index (χ3v) is 8.29. The van der Waals surface area contributed by atoms with Gasteiger partial charge in [-0.1, -0.05) is 73.0 Å². The summed E-state index contributed by atoms with van der Waals surface area (Å²) in [5.74, 6) is 0.271. The molecule has 8 heteroatoms. The molecule has 1 atom stereocenters. The number of nitrogens with one attached hydrogen (secondary N) is 1. The standard InChI is InChI=1S/C31H34ClFN2O3S/c1-38-25-14-7-11-23(17-25)19-35(30(36)21-39-20-26-27(32)15-8-16-28(26)33)29(18-22-9-3-2-4-10-22)31(37)34-24-12-5-6-13-24/h2-4,7-11,14-17,24,29H,5-6,12-13,18-21H2,1H3,(H,34,37)/t29-/m1/s1. The Morgan fingerprint density at radius 2 is 1.77 bits per heavy atom. The molecule has 2 amide bonds. The van der Waals surface area contributed by atoms with E-state index in [1.165, 1.54) is 17.8 Å². The first-order valence-electron chi connectivity index (χ1n) is 13.2. The van der Waals surface area contributed by atoms with Crippen molar-refractivity contribution in [2.45, 2.75) is 56.5 Å². The number of benzene rings is 3. The minimum atomic E-state index is -0.704. The van der Waals surface area contributed by atoms with Crippen molar-refractivity contribution in [3.05, 3.63) is 100 Å². The zero-order valence-corrected chi connectivity index (χ0v) is 23.6. The average Bonchev–Trinajstić information content (AvgIpc) is 3.46. The third-order valence-electron chi connectivity index (χ3n) is 6.99. The normalized spacial score (nSPS) is 14.1. The molecule has 1 aliphatic rings. The van der Waals surface area contributed by atoms with E-state index in [1.54, 1.807) is 24.1 Å². The molecule has 4 rings (SSSR count). The van der Waals surface area contributed by atoms with Gasteiger partial charge in [-0.25, -0.2) is 4.39 Å². The highest BCUT2D eigenvalue weighted by molar-refractivity contribution is 7.99. The summed E-state index contributed by atoms with van der Waals surface area (Å²) in [5.41, 5.74) is 2.20. The van der Waals surface area contributed by atoms with Gasteiger partial charge in [-0.3, -0.25) is 9.59 Å². The first kappa shape index (κ1) is 29.0. The van der Waals surface area contributed by atoms with Crippen LogP contribution in [0.1, 0.15) is 42.4 Å². The SMILES string of the molecule is COc1cccc(CN(C(=O)CSCc2c(F)cccc2Cl)[C@H](Cc2ccccc2)C(=O)NC2CCCC2)c1. The van der Waals surface area contributed by atoms with Crippen LogP contribution >= 0.6 is 23.4 Å². The van der Waals surface area contributed by atoms with Crippen molar-refractivity contribution in [3.63, 3.8) is 0 Å². The number of carbonyl (C=O) groups is 2. The number of methoxy groups -OCH3 is 1. The molecular weight excluding hydrogens is 535 g/mol. The van der Waals surface area contributed by atoms with Crippen LogP contribution in [0.2, 0.25) is 5.02 Å². The van der Waals surface area contributed by atoms with E-state index in [-0.39, 0.29) is 35.9 Å². The highest BCUT2D eigenvalue weighted by Crippen LogP contribution is 2.26. The molecule has 1 aliphatic carbocycles. The maximum absolute atomic E-state index is 14.3. The highest BCUT2D eigenvalue weighted by atomic mass is 35.5. The summed E-state index contributed by atoms with van der Waals surface area (Å²) in [6, 6.07) is 21.2. The van der Waals surface area contributed by atoms with Crippen LogP contribution in [0.25, 0.3) is 0 Å². The molecule has 1 N–H and O–H groups in total. The van der Waals surface area contributed by atoms with Crippen molar-refractivity contribution in [1.82, 2.24) is 10.2 Å². The Bertz CT molecular complexity index is 1230. The Hall–Kier alpha value is -3.03. The number of hydrogen-bond acceptors (Lipinski definition) is 4. The quantitative estimate of drug-likeness (QED) is 0.274. The maximum Gasteiger partial charge on any atom is 0.243 e. The number of rotatable bonds is 12. The van der Waals surface area contributed by atoms with Gasteiger partial charge in [-0.2, -0.15) is 0 Å². The monoisotopic (exact) mass is 568 g/mol. The number of halogens is 2. The summed E-state index contributed by atoms with van der Waals surface area (Å²) < 4.78 is 19.7. The van der Waals surface area contributed by atoms with Gasteiger partial charge in [0.25, 0.3) is 0 Å². The maximum atomic E-state index is 14.3. The molecule has 0 aliphatic heterocycles. The summed E-state index contributed by atoms with van der Waals surface area (Å²) in [4.78, 5) is 29.2. The Kier molecular flexibility index (Phi) is 10.7. The number of ether oxygens (including phenoxy) is 1. The molecule has 206 valence electrons. The minimum absolute atomic E-state index is 0.0800. The fourth-order valence-corrected chi connectivity index (χ4v) is 6.13. The van der Waals surface area contributed by atoms with Gasteiger partial charge in [0.05, 0.1) is 12.9 Å². The topological polar surface area (TPSA) is 58.6 Å². The van der Waals surface area contributed by atoms with Crippen LogP contribution < -0.4 is 10.1 Å². The average molecular weight is 569 g/mol. The summed E-state index contributed by atoms with van der Waals surface area (Å²) in [5, 5.41) is 3.54. The van der Waals surface area contributed by atoms with Gasteiger partial charge < -0.3 is 15.0 Å². The van der Waals surface area contributed by atoms with Gasteiger partial charge in [0.15, 0.2) is 0 Å². The van der Waals surface area contributed by atoms with Crippen LogP contribution in [0.4, 0.5) is 4.39 Å². The molecular formula is C31H34ClFN2O3S. The molecule has 5 nitrogen and oxygen atoms in total. The first-order valence-corrected chi connectivity index (χ1v) is 14.7. The molecule has 0 heterocycles. The van der Waals surface area contributed by atoms with Gasteiger partial charge in [-0.15, -0.1) is 11.8 Å². The fraction of sp³-hybridized carbons (Fsp3) is 0.355. The second-order valence-electron chi connectivity index (χ2n) is 9.76. The molecule has 3 aromatic rings. The largest absolute Gasteiger partial charge is 0.497 e. The van der Waals surface area contributed by atoms with Crippen molar-refractivity contribution in [3.8, 4) is 5.75 Å². The minimum Gasteiger partial charge on any atom is -0.497 e. The summed E-state index contributed by atoms with van der Waals surface area (Å²) in [6.07, 6.45) is 4.48. The number of hydrogen-bond donors (Lipinski definition) is 1. The molecule has 0 bridgehead atoms. The van der Waals surface area contributed by atoms with Crippen molar-refractivity contribution in [2.24, 2.45) is 0 Å². The Balaban J connectivity index is 1.59. The van der Waals surface area contributed by atoms with Crippen LogP contribution in [-0.2, 0) is 28.3 Å². The number of amides is 2. The van der Waals surface area contributed by atoms with Crippen molar-refractivity contribution >= 4 is 35.2 Å². The molecule has 0 aromatic heterocycles.